The van der Waals surface area contributed by atoms with Gasteiger partial charge in [-0.1, -0.05) is 0 Å². The molecule has 0 aliphatic carbocycles. The van der Waals surface area contributed by atoms with Gasteiger partial charge in [-0.3, -0.25) is 4.21 Å². The number of carbonyl (C=O) groups excluding carboxylic acids is 1. The van der Waals surface area contributed by atoms with Gasteiger partial charge in [0, 0.05) is 34.9 Å². The van der Waals surface area contributed by atoms with Gasteiger partial charge < -0.3 is 15.7 Å². The zero-order chi connectivity index (χ0) is 16.2. The molecular formula is C12H14F2N2O4S. The van der Waals surface area contributed by atoms with Crippen LogP contribution in [0.3, 0.4) is 0 Å². The minimum absolute atomic E-state index is 0.0844. The number of carbonyl (C=O) groups is 2. The van der Waals surface area contributed by atoms with E-state index in [-0.39, 0.29) is 17.5 Å². The van der Waals surface area contributed by atoms with Crippen molar-refractivity contribution in [2.24, 2.45) is 0 Å². The molecule has 2 atom stereocenters. The maximum atomic E-state index is 13.1. The molecule has 0 aliphatic rings. The fraction of sp³-hybridized carbons (Fsp3) is 0.333. The number of nitrogens with one attached hydrogen (secondary N) is 2. The lowest BCUT2D eigenvalue weighted by atomic mass is 10.1. The highest BCUT2D eigenvalue weighted by Gasteiger charge is 2.17. The normalized spacial score (nSPS) is 13.3. The third-order valence-electron chi connectivity index (χ3n) is 2.66. The number of carboxylic acid groups (broad SMARTS) is 1. The van der Waals surface area contributed by atoms with E-state index in [1.54, 1.807) is 6.92 Å². The molecule has 0 radical (unpaired) electrons. The number of aromatic carboxylic acids is 1. The molecular weight excluding hydrogens is 306 g/mol. The van der Waals surface area contributed by atoms with Crippen LogP contribution in [0.4, 0.5) is 19.3 Å². The Morgan fingerprint density at radius 3 is 2.43 bits per heavy atom. The van der Waals surface area contributed by atoms with E-state index >= 15 is 0 Å². The number of amides is 2. The molecule has 0 aliphatic heterocycles. The summed E-state index contributed by atoms with van der Waals surface area (Å²) in [5.41, 5.74) is -0.944. The number of urea groups is 1. The fourth-order valence-corrected chi connectivity index (χ4v) is 1.67. The molecule has 2 unspecified atom stereocenters. The molecule has 0 heterocycles. The monoisotopic (exact) mass is 320 g/mol. The Labute approximate surface area is 122 Å². The van der Waals surface area contributed by atoms with Gasteiger partial charge in [0.25, 0.3) is 0 Å². The van der Waals surface area contributed by atoms with Crippen LogP contribution in [0.25, 0.3) is 0 Å². The lowest BCUT2D eigenvalue weighted by molar-refractivity contribution is 0.0697. The van der Waals surface area contributed by atoms with Gasteiger partial charge in [0.1, 0.15) is 0 Å². The van der Waals surface area contributed by atoms with Crippen molar-refractivity contribution < 1.29 is 27.7 Å². The second-order valence-electron chi connectivity index (χ2n) is 4.26. The van der Waals surface area contributed by atoms with Crippen molar-refractivity contribution in [3.63, 3.8) is 0 Å². The van der Waals surface area contributed by atoms with Crippen LogP contribution in [-0.4, -0.2) is 39.4 Å². The lowest BCUT2D eigenvalue weighted by Crippen LogP contribution is -2.36. The minimum Gasteiger partial charge on any atom is -0.478 e. The first-order chi connectivity index (χ1) is 9.72. The minimum atomic E-state index is -1.51. The molecule has 0 fully saturated rings. The number of benzene rings is 1. The van der Waals surface area contributed by atoms with Crippen LogP contribution in [0.5, 0.6) is 0 Å². The molecule has 0 aromatic heterocycles. The molecule has 1 aromatic rings. The summed E-state index contributed by atoms with van der Waals surface area (Å²) < 4.78 is 37.2. The van der Waals surface area contributed by atoms with Crippen LogP contribution in [0.1, 0.15) is 17.3 Å². The Balaban J connectivity index is 2.82. The van der Waals surface area contributed by atoms with E-state index in [4.69, 9.17) is 5.11 Å². The van der Waals surface area contributed by atoms with Crippen LogP contribution in [-0.2, 0) is 10.8 Å². The first kappa shape index (κ1) is 17.0. The van der Waals surface area contributed by atoms with Gasteiger partial charge in [0.15, 0.2) is 11.6 Å². The first-order valence-electron chi connectivity index (χ1n) is 5.81. The summed E-state index contributed by atoms with van der Waals surface area (Å²) in [5, 5.41) is 13.1. The molecule has 9 heteroatoms. The van der Waals surface area contributed by atoms with Crippen molar-refractivity contribution in [1.29, 1.82) is 0 Å². The average molecular weight is 320 g/mol. The summed E-state index contributed by atoms with van der Waals surface area (Å²) in [7, 11) is -1.14. The smallest absolute Gasteiger partial charge is 0.337 e. The van der Waals surface area contributed by atoms with Crippen molar-refractivity contribution in [1.82, 2.24) is 5.32 Å². The summed E-state index contributed by atoms with van der Waals surface area (Å²) in [6, 6.07) is 0.261. The predicted octanol–water partition coefficient (Wildman–Crippen LogP) is 1.55. The largest absolute Gasteiger partial charge is 0.478 e. The molecule has 0 saturated carbocycles. The van der Waals surface area contributed by atoms with Gasteiger partial charge in [0.2, 0.25) is 0 Å². The Bertz CT molecular complexity index is 595. The van der Waals surface area contributed by atoms with Gasteiger partial charge >= 0.3 is 12.0 Å². The van der Waals surface area contributed by atoms with E-state index in [1.165, 1.54) is 6.26 Å². The number of halogens is 2. The third kappa shape index (κ3) is 4.78. The molecule has 0 spiro atoms. The van der Waals surface area contributed by atoms with Gasteiger partial charge in [-0.2, -0.15) is 0 Å². The maximum Gasteiger partial charge on any atom is 0.337 e. The highest BCUT2D eigenvalue weighted by molar-refractivity contribution is 7.84. The molecule has 2 amide bonds. The van der Waals surface area contributed by atoms with Crippen LogP contribution in [0.2, 0.25) is 0 Å². The number of anilines is 1. The van der Waals surface area contributed by atoms with Crippen molar-refractivity contribution in [2.75, 3.05) is 18.1 Å². The third-order valence-corrected chi connectivity index (χ3v) is 3.96. The Kier molecular flexibility index (Phi) is 5.77. The van der Waals surface area contributed by atoms with Gasteiger partial charge in [-0.15, -0.1) is 0 Å². The van der Waals surface area contributed by atoms with E-state index in [9.17, 15) is 22.6 Å². The number of rotatable bonds is 5. The van der Waals surface area contributed by atoms with Crippen LogP contribution < -0.4 is 10.6 Å². The molecule has 0 bridgehead atoms. The fourth-order valence-electron chi connectivity index (χ4n) is 1.35. The number of hydrogen-bond acceptors (Lipinski definition) is 3. The molecule has 3 N–H and O–H groups in total. The molecule has 21 heavy (non-hydrogen) atoms. The van der Waals surface area contributed by atoms with E-state index < -0.39 is 40.0 Å². The van der Waals surface area contributed by atoms with Crippen LogP contribution in [0.15, 0.2) is 12.1 Å². The van der Waals surface area contributed by atoms with E-state index in [0.29, 0.717) is 12.1 Å². The highest BCUT2D eigenvalue weighted by Crippen LogP contribution is 2.20. The quantitative estimate of drug-likeness (QED) is 0.767. The van der Waals surface area contributed by atoms with Gasteiger partial charge in [0.05, 0.1) is 11.3 Å². The summed E-state index contributed by atoms with van der Waals surface area (Å²) in [5.74, 6) is -4.11. The topological polar surface area (TPSA) is 95.5 Å². The first-order valence-corrected chi connectivity index (χ1v) is 7.44. The SMILES string of the molecule is CC(CNC(=O)Nc1cc(F)c(F)cc1C(=O)O)S(C)=O. The van der Waals surface area contributed by atoms with E-state index in [2.05, 4.69) is 10.6 Å². The molecule has 0 saturated heterocycles. The van der Waals surface area contributed by atoms with Gasteiger partial charge in [-0.05, 0) is 13.0 Å². The number of carboxylic acids is 1. The zero-order valence-corrected chi connectivity index (χ0v) is 12.1. The average Bonchev–Trinajstić information content (AvgIpc) is 2.39. The summed E-state index contributed by atoms with van der Waals surface area (Å²) >= 11 is 0. The molecule has 6 nitrogen and oxygen atoms in total. The lowest BCUT2D eigenvalue weighted by Gasteiger charge is -2.12. The summed E-state index contributed by atoms with van der Waals surface area (Å²) in [6.45, 7) is 1.73. The Hall–Kier alpha value is -2.03. The second kappa shape index (κ2) is 7.11. The summed E-state index contributed by atoms with van der Waals surface area (Å²) in [6.07, 6.45) is 1.47. The number of hydrogen-bond donors (Lipinski definition) is 3. The molecule has 1 rings (SSSR count). The van der Waals surface area contributed by atoms with Gasteiger partial charge in [-0.25, -0.2) is 18.4 Å². The summed E-state index contributed by atoms with van der Waals surface area (Å²) in [4.78, 5) is 22.5. The van der Waals surface area contributed by atoms with Crippen molar-refractivity contribution >= 4 is 28.5 Å². The molecule has 116 valence electrons. The van der Waals surface area contributed by atoms with Crippen LogP contribution in [0, 0.1) is 11.6 Å². The van der Waals surface area contributed by atoms with Crippen LogP contribution >= 0.6 is 0 Å². The predicted molar refractivity (Wildman–Crippen MR) is 73.9 cm³/mol. The Morgan fingerprint density at radius 2 is 1.90 bits per heavy atom. The second-order valence-corrected chi connectivity index (χ2v) is 6.06. The van der Waals surface area contributed by atoms with Crippen molar-refractivity contribution in [3.05, 3.63) is 29.3 Å². The standard InChI is InChI=1S/C12H14F2N2O4S/c1-6(21(2)20)5-15-12(19)16-10-4-9(14)8(13)3-7(10)11(17)18/h3-4,6H,5H2,1-2H3,(H,17,18)(H2,15,16,19). The van der Waals surface area contributed by atoms with E-state index in [1.807, 2.05) is 0 Å². The van der Waals surface area contributed by atoms with Crippen molar-refractivity contribution in [2.45, 2.75) is 12.2 Å². The maximum absolute atomic E-state index is 13.1. The molecule has 1 aromatic carbocycles. The van der Waals surface area contributed by atoms with E-state index in [0.717, 1.165) is 0 Å². The Morgan fingerprint density at radius 1 is 1.33 bits per heavy atom. The van der Waals surface area contributed by atoms with Crippen molar-refractivity contribution in [3.8, 4) is 0 Å². The highest BCUT2D eigenvalue weighted by atomic mass is 32.2. The zero-order valence-electron chi connectivity index (χ0n) is 11.3.